The molecule has 148 valence electrons. The molecule has 1 heterocycles. The molecule has 0 saturated heterocycles. The quantitative estimate of drug-likeness (QED) is 0.711. The lowest BCUT2D eigenvalue weighted by molar-refractivity contribution is 0.0961. The molecule has 0 aliphatic heterocycles. The molecule has 0 atom stereocenters. The summed E-state index contributed by atoms with van der Waals surface area (Å²) in [5.74, 6) is -2.59. The number of benzene rings is 2. The van der Waals surface area contributed by atoms with Gasteiger partial charge in [-0.05, 0) is 49.6 Å². The van der Waals surface area contributed by atoms with Crippen molar-refractivity contribution in [2.45, 2.75) is 19.3 Å². The molecule has 0 saturated carbocycles. The Bertz CT molecular complexity index is 1120. The number of carbonyl (C=O) groups is 2. The fourth-order valence-electron chi connectivity index (χ4n) is 3.52. The van der Waals surface area contributed by atoms with Crippen LogP contribution in [-0.4, -0.2) is 28.6 Å². The van der Waals surface area contributed by atoms with Crippen LogP contribution in [0.5, 0.6) is 0 Å². The smallest absolute Gasteiger partial charge is 0.276 e. The van der Waals surface area contributed by atoms with E-state index in [0.717, 1.165) is 29.8 Å². The molecule has 2 amide bonds. The van der Waals surface area contributed by atoms with Crippen LogP contribution in [-0.2, 0) is 12.8 Å². The van der Waals surface area contributed by atoms with Crippen molar-refractivity contribution in [3.63, 3.8) is 0 Å². The van der Waals surface area contributed by atoms with Crippen molar-refractivity contribution in [3.05, 3.63) is 76.6 Å². The Kier molecular flexibility index (Phi) is 4.84. The SMILES string of the molecule is CNC(=O)c1cccc(NC(=O)c2nn(-c3ccc(F)c(F)c3)c3c2CCC3)c1. The molecule has 6 nitrogen and oxygen atoms in total. The lowest BCUT2D eigenvalue weighted by atomic mass is 10.1. The molecule has 1 aromatic heterocycles. The van der Waals surface area contributed by atoms with Gasteiger partial charge in [0.1, 0.15) is 0 Å². The summed E-state index contributed by atoms with van der Waals surface area (Å²) in [5, 5.41) is 9.68. The van der Waals surface area contributed by atoms with E-state index in [2.05, 4.69) is 15.7 Å². The highest BCUT2D eigenvalue weighted by Crippen LogP contribution is 2.29. The number of rotatable bonds is 4. The van der Waals surface area contributed by atoms with E-state index in [1.807, 2.05) is 0 Å². The highest BCUT2D eigenvalue weighted by atomic mass is 19.2. The number of hydrogen-bond donors (Lipinski definition) is 2. The summed E-state index contributed by atoms with van der Waals surface area (Å²) in [5.41, 5.74) is 3.11. The zero-order valence-electron chi connectivity index (χ0n) is 15.6. The van der Waals surface area contributed by atoms with Gasteiger partial charge < -0.3 is 10.6 Å². The molecule has 2 aromatic carbocycles. The van der Waals surface area contributed by atoms with Crippen molar-refractivity contribution < 1.29 is 18.4 Å². The molecule has 2 N–H and O–H groups in total. The number of nitrogens with zero attached hydrogens (tertiary/aromatic N) is 2. The second-order valence-corrected chi connectivity index (χ2v) is 6.75. The van der Waals surface area contributed by atoms with Crippen LogP contribution in [0.4, 0.5) is 14.5 Å². The van der Waals surface area contributed by atoms with Gasteiger partial charge in [0, 0.05) is 35.6 Å². The average molecular weight is 396 g/mol. The van der Waals surface area contributed by atoms with Gasteiger partial charge >= 0.3 is 0 Å². The van der Waals surface area contributed by atoms with Crippen LogP contribution in [0, 0.1) is 11.6 Å². The first-order valence-corrected chi connectivity index (χ1v) is 9.17. The number of aromatic nitrogens is 2. The van der Waals surface area contributed by atoms with Crippen molar-refractivity contribution in [1.82, 2.24) is 15.1 Å². The Morgan fingerprint density at radius 3 is 2.62 bits per heavy atom. The summed E-state index contributed by atoms with van der Waals surface area (Å²) < 4.78 is 28.5. The standard InChI is InChI=1S/C21H18F2N4O2/c1-24-20(28)12-4-2-5-13(10-12)25-21(29)19-15-6-3-7-18(15)27(26-19)14-8-9-16(22)17(23)11-14/h2,4-5,8-11H,3,6-7H2,1H3,(H,24,28)(H,25,29). The van der Waals surface area contributed by atoms with E-state index in [1.54, 1.807) is 24.3 Å². The van der Waals surface area contributed by atoms with Crippen molar-refractivity contribution in [2.75, 3.05) is 12.4 Å². The van der Waals surface area contributed by atoms with E-state index in [4.69, 9.17) is 0 Å². The Labute approximate surface area is 165 Å². The second-order valence-electron chi connectivity index (χ2n) is 6.75. The zero-order chi connectivity index (χ0) is 20.5. The van der Waals surface area contributed by atoms with Crippen LogP contribution in [0.2, 0.25) is 0 Å². The van der Waals surface area contributed by atoms with E-state index in [-0.39, 0.29) is 11.6 Å². The molecule has 0 bridgehead atoms. The van der Waals surface area contributed by atoms with Crippen molar-refractivity contribution in [2.24, 2.45) is 0 Å². The molecule has 8 heteroatoms. The van der Waals surface area contributed by atoms with Crippen LogP contribution in [0.3, 0.4) is 0 Å². The fourth-order valence-corrected chi connectivity index (χ4v) is 3.52. The summed E-state index contributed by atoms with van der Waals surface area (Å²) in [6, 6.07) is 10.1. The minimum Gasteiger partial charge on any atom is -0.355 e. The summed E-state index contributed by atoms with van der Waals surface area (Å²) in [4.78, 5) is 24.7. The largest absolute Gasteiger partial charge is 0.355 e. The van der Waals surface area contributed by atoms with Gasteiger partial charge in [0.05, 0.1) is 5.69 Å². The lowest BCUT2D eigenvalue weighted by Crippen LogP contribution is -2.19. The van der Waals surface area contributed by atoms with Crippen LogP contribution >= 0.6 is 0 Å². The van der Waals surface area contributed by atoms with Crippen LogP contribution in [0.1, 0.15) is 38.5 Å². The predicted molar refractivity (Wildman–Crippen MR) is 103 cm³/mol. The summed E-state index contributed by atoms with van der Waals surface area (Å²) in [6.45, 7) is 0. The van der Waals surface area contributed by atoms with Gasteiger partial charge in [-0.1, -0.05) is 6.07 Å². The minimum atomic E-state index is -0.971. The third-order valence-electron chi connectivity index (χ3n) is 4.90. The molecule has 0 unspecified atom stereocenters. The molecule has 0 fully saturated rings. The van der Waals surface area contributed by atoms with Gasteiger partial charge in [0.2, 0.25) is 0 Å². The van der Waals surface area contributed by atoms with E-state index in [0.29, 0.717) is 29.8 Å². The molecule has 1 aliphatic rings. The van der Waals surface area contributed by atoms with Gasteiger partial charge in [-0.15, -0.1) is 0 Å². The molecule has 1 aliphatic carbocycles. The topological polar surface area (TPSA) is 76.0 Å². The zero-order valence-corrected chi connectivity index (χ0v) is 15.6. The fraction of sp³-hybridized carbons (Fsp3) is 0.190. The number of fused-ring (bicyclic) bond motifs is 1. The van der Waals surface area contributed by atoms with Crippen molar-refractivity contribution >= 4 is 17.5 Å². The van der Waals surface area contributed by atoms with E-state index >= 15 is 0 Å². The van der Waals surface area contributed by atoms with Crippen LogP contribution in [0.25, 0.3) is 5.69 Å². The van der Waals surface area contributed by atoms with Gasteiger partial charge in [-0.2, -0.15) is 5.10 Å². The maximum atomic E-state index is 13.7. The van der Waals surface area contributed by atoms with Crippen LogP contribution in [0.15, 0.2) is 42.5 Å². The molecule has 0 radical (unpaired) electrons. The van der Waals surface area contributed by atoms with Gasteiger partial charge in [-0.25, -0.2) is 13.5 Å². The number of amides is 2. The third kappa shape index (κ3) is 3.49. The highest BCUT2D eigenvalue weighted by Gasteiger charge is 2.27. The number of carbonyl (C=O) groups excluding carboxylic acids is 2. The predicted octanol–water partition coefficient (Wildman–Crippen LogP) is 3.25. The van der Waals surface area contributed by atoms with Gasteiger partial charge in [0.25, 0.3) is 11.8 Å². The first-order valence-electron chi connectivity index (χ1n) is 9.17. The number of halogens is 2. The first kappa shape index (κ1) is 18.8. The third-order valence-corrected chi connectivity index (χ3v) is 4.90. The monoisotopic (exact) mass is 396 g/mol. The van der Waals surface area contributed by atoms with E-state index < -0.39 is 17.5 Å². The lowest BCUT2D eigenvalue weighted by Gasteiger charge is -2.07. The number of nitrogens with one attached hydrogen (secondary N) is 2. The molecule has 29 heavy (non-hydrogen) atoms. The molecular weight excluding hydrogens is 378 g/mol. The molecule has 0 spiro atoms. The molecule has 3 aromatic rings. The highest BCUT2D eigenvalue weighted by molar-refractivity contribution is 6.05. The first-order chi connectivity index (χ1) is 14.0. The van der Waals surface area contributed by atoms with E-state index in [1.165, 1.54) is 17.8 Å². The Hall–Kier alpha value is -3.55. The Balaban J connectivity index is 1.66. The van der Waals surface area contributed by atoms with Crippen molar-refractivity contribution in [1.29, 1.82) is 0 Å². The van der Waals surface area contributed by atoms with E-state index in [9.17, 15) is 18.4 Å². The number of anilines is 1. The molecule has 4 rings (SSSR count). The van der Waals surface area contributed by atoms with Crippen molar-refractivity contribution in [3.8, 4) is 5.69 Å². The maximum Gasteiger partial charge on any atom is 0.276 e. The van der Waals surface area contributed by atoms with Gasteiger partial charge in [0.15, 0.2) is 17.3 Å². The summed E-state index contributed by atoms with van der Waals surface area (Å²) in [6.07, 6.45) is 2.23. The average Bonchev–Trinajstić information content (AvgIpc) is 3.32. The summed E-state index contributed by atoms with van der Waals surface area (Å²) in [7, 11) is 1.53. The molecular formula is C21H18F2N4O2. The van der Waals surface area contributed by atoms with Gasteiger partial charge in [-0.3, -0.25) is 9.59 Å². The normalized spacial score (nSPS) is 12.5. The Morgan fingerprint density at radius 2 is 1.86 bits per heavy atom. The summed E-state index contributed by atoms with van der Waals surface area (Å²) >= 11 is 0. The maximum absolute atomic E-state index is 13.7. The Morgan fingerprint density at radius 1 is 1.03 bits per heavy atom. The second kappa shape index (κ2) is 7.46. The number of hydrogen-bond acceptors (Lipinski definition) is 3. The van der Waals surface area contributed by atoms with Crippen LogP contribution < -0.4 is 10.6 Å². The minimum absolute atomic E-state index is 0.243.